The molecule has 0 aromatic carbocycles. The summed E-state index contributed by atoms with van der Waals surface area (Å²) >= 11 is 0. The second kappa shape index (κ2) is 5.55. The van der Waals surface area contributed by atoms with Gasteiger partial charge in [-0.1, -0.05) is 20.8 Å². The molecule has 0 aliphatic carbocycles. The Labute approximate surface area is 116 Å². The topological polar surface area (TPSA) is 47.0 Å². The van der Waals surface area contributed by atoms with Crippen molar-refractivity contribution in [2.75, 3.05) is 13.2 Å². The van der Waals surface area contributed by atoms with Gasteiger partial charge in [-0.15, -0.1) is 0 Å². The van der Waals surface area contributed by atoms with Crippen LogP contribution in [0.1, 0.15) is 56.6 Å². The van der Waals surface area contributed by atoms with Gasteiger partial charge in [-0.2, -0.15) is 0 Å². The summed E-state index contributed by atoms with van der Waals surface area (Å²) in [5, 5.41) is 3.37. The largest absolute Gasteiger partial charge is 0.370 e. The van der Waals surface area contributed by atoms with Crippen LogP contribution in [0.15, 0.2) is 0 Å². The van der Waals surface area contributed by atoms with Gasteiger partial charge in [0, 0.05) is 18.8 Å². The van der Waals surface area contributed by atoms with Crippen molar-refractivity contribution in [2.24, 2.45) is 5.41 Å². The Kier molecular flexibility index (Phi) is 4.21. The summed E-state index contributed by atoms with van der Waals surface area (Å²) in [6.45, 7) is 13.2. The monoisotopic (exact) mass is 263 g/mol. The van der Waals surface area contributed by atoms with Crippen molar-refractivity contribution in [1.29, 1.82) is 0 Å². The quantitative estimate of drug-likeness (QED) is 0.910. The van der Waals surface area contributed by atoms with Crippen molar-refractivity contribution in [1.82, 2.24) is 15.3 Å². The number of rotatable bonds is 3. The van der Waals surface area contributed by atoms with Gasteiger partial charge in [0.1, 0.15) is 6.10 Å². The third-order valence-electron chi connectivity index (χ3n) is 3.52. The molecular formula is C15H25N3O. The molecule has 4 nitrogen and oxygen atoms in total. The van der Waals surface area contributed by atoms with Crippen LogP contribution in [0.25, 0.3) is 0 Å². The van der Waals surface area contributed by atoms with Crippen LogP contribution >= 0.6 is 0 Å². The van der Waals surface area contributed by atoms with Gasteiger partial charge in [-0.05, 0) is 37.8 Å². The number of aromatic nitrogens is 2. The summed E-state index contributed by atoms with van der Waals surface area (Å²) in [6.07, 6.45) is 0.972. The number of ether oxygens (including phenoxy) is 1. The summed E-state index contributed by atoms with van der Waals surface area (Å²) in [6, 6.07) is 0. The fraction of sp³-hybridized carbons (Fsp3) is 0.733. The van der Waals surface area contributed by atoms with Crippen molar-refractivity contribution in [3.8, 4) is 0 Å². The first-order valence-corrected chi connectivity index (χ1v) is 7.12. The van der Waals surface area contributed by atoms with Crippen LogP contribution in [-0.4, -0.2) is 23.1 Å². The van der Waals surface area contributed by atoms with Crippen LogP contribution in [0, 0.1) is 12.3 Å². The van der Waals surface area contributed by atoms with Crippen LogP contribution in [0.5, 0.6) is 0 Å². The lowest BCUT2D eigenvalue weighted by atomic mass is 9.88. The number of nitrogens with zero attached hydrogens (tertiary/aromatic N) is 2. The molecule has 1 atom stereocenters. The van der Waals surface area contributed by atoms with E-state index in [-0.39, 0.29) is 11.5 Å². The molecule has 1 aliphatic heterocycles. The summed E-state index contributed by atoms with van der Waals surface area (Å²) < 4.78 is 5.89. The van der Waals surface area contributed by atoms with E-state index in [1.165, 1.54) is 5.56 Å². The van der Waals surface area contributed by atoms with Crippen molar-refractivity contribution in [3.63, 3.8) is 0 Å². The molecule has 1 aromatic heterocycles. The normalized spacial score (nSPS) is 17.1. The van der Waals surface area contributed by atoms with E-state index in [1.54, 1.807) is 0 Å². The molecule has 0 saturated carbocycles. The molecule has 4 heteroatoms. The maximum Gasteiger partial charge on any atom is 0.158 e. The Morgan fingerprint density at radius 3 is 2.68 bits per heavy atom. The van der Waals surface area contributed by atoms with Crippen LogP contribution in [0.2, 0.25) is 0 Å². The molecule has 0 fully saturated rings. The van der Waals surface area contributed by atoms with Crippen LogP contribution < -0.4 is 5.32 Å². The highest BCUT2D eigenvalue weighted by Gasteiger charge is 2.30. The lowest BCUT2D eigenvalue weighted by molar-refractivity contribution is -0.0194. The Morgan fingerprint density at radius 2 is 2.05 bits per heavy atom. The fourth-order valence-corrected chi connectivity index (χ4v) is 2.57. The van der Waals surface area contributed by atoms with Gasteiger partial charge < -0.3 is 10.1 Å². The van der Waals surface area contributed by atoms with Crippen LogP contribution in [0.3, 0.4) is 0 Å². The van der Waals surface area contributed by atoms with E-state index in [4.69, 9.17) is 14.7 Å². The van der Waals surface area contributed by atoms with E-state index >= 15 is 0 Å². The zero-order valence-electron chi connectivity index (χ0n) is 12.7. The first kappa shape index (κ1) is 14.4. The molecule has 0 saturated heterocycles. The summed E-state index contributed by atoms with van der Waals surface area (Å²) in [4.78, 5) is 9.47. The second-order valence-corrected chi connectivity index (χ2v) is 6.22. The summed E-state index contributed by atoms with van der Waals surface area (Å²) in [5.41, 5.74) is 3.56. The molecule has 2 rings (SSSR count). The standard InChI is InChI=1S/C15H25N3O/c1-6-19-13(15(3,4)5)14-17-10(2)11-7-8-16-9-12(11)18-14/h13,16H,6-9H2,1-5H3. The molecule has 1 unspecified atom stereocenters. The van der Waals surface area contributed by atoms with E-state index in [1.807, 2.05) is 6.92 Å². The highest BCUT2D eigenvalue weighted by atomic mass is 16.5. The smallest absolute Gasteiger partial charge is 0.158 e. The van der Waals surface area contributed by atoms with Crippen molar-refractivity contribution < 1.29 is 4.74 Å². The van der Waals surface area contributed by atoms with Gasteiger partial charge in [0.25, 0.3) is 0 Å². The summed E-state index contributed by atoms with van der Waals surface area (Å²) in [5.74, 6) is 0.828. The van der Waals surface area contributed by atoms with E-state index < -0.39 is 0 Å². The predicted octanol–water partition coefficient (Wildman–Crippen LogP) is 2.55. The molecule has 106 valence electrons. The number of fused-ring (bicyclic) bond motifs is 1. The minimum absolute atomic E-state index is 0.00121. The molecule has 1 N–H and O–H groups in total. The van der Waals surface area contributed by atoms with Crippen LogP contribution in [-0.2, 0) is 17.7 Å². The van der Waals surface area contributed by atoms with Gasteiger partial charge in [-0.25, -0.2) is 9.97 Å². The third kappa shape index (κ3) is 3.12. The molecule has 1 aromatic rings. The molecule has 2 heterocycles. The molecule has 0 radical (unpaired) electrons. The maximum absolute atomic E-state index is 5.89. The minimum Gasteiger partial charge on any atom is -0.370 e. The van der Waals surface area contributed by atoms with Gasteiger partial charge in [0.15, 0.2) is 5.82 Å². The van der Waals surface area contributed by atoms with E-state index in [0.717, 1.165) is 36.7 Å². The highest BCUT2D eigenvalue weighted by molar-refractivity contribution is 5.28. The second-order valence-electron chi connectivity index (χ2n) is 6.22. The average Bonchev–Trinajstić information content (AvgIpc) is 2.34. The Balaban J connectivity index is 2.40. The zero-order chi connectivity index (χ0) is 14.0. The first-order valence-electron chi connectivity index (χ1n) is 7.12. The number of aryl methyl sites for hydroxylation is 1. The van der Waals surface area contributed by atoms with Crippen LogP contribution in [0.4, 0.5) is 0 Å². The maximum atomic E-state index is 5.89. The lowest BCUT2D eigenvalue weighted by Gasteiger charge is -2.30. The zero-order valence-corrected chi connectivity index (χ0v) is 12.7. The molecular weight excluding hydrogens is 238 g/mol. The van der Waals surface area contributed by atoms with Gasteiger partial charge in [0.2, 0.25) is 0 Å². The lowest BCUT2D eigenvalue weighted by Crippen LogP contribution is -2.29. The minimum atomic E-state index is -0.0524. The number of hydrogen-bond acceptors (Lipinski definition) is 4. The third-order valence-corrected chi connectivity index (χ3v) is 3.52. The van der Waals surface area contributed by atoms with Crippen molar-refractivity contribution >= 4 is 0 Å². The van der Waals surface area contributed by atoms with E-state index in [0.29, 0.717) is 6.61 Å². The van der Waals surface area contributed by atoms with Gasteiger partial charge in [0.05, 0.1) is 5.69 Å². The average molecular weight is 263 g/mol. The highest BCUT2D eigenvalue weighted by Crippen LogP contribution is 2.35. The van der Waals surface area contributed by atoms with E-state index in [9.17, 15) is 0 Å². The molecule has 0 spiro atoms. The number of hydrogen-bond donors (Lipinski definition) is 1. The molecule has 1 aliphatic rings. The SMILES string of the molecule is CCOC(c1nc(C)c2c(n1)CNCC2)C(C)(C)C. The molecule has 0 amide bonds. The van der Waals surface area contributed by atoms with Crippen molar-refractivity contribution in [2.45, 2.75) is 53.7 Å². The van der Waals surface area contributed by atoms with Gasteiger partial charge >= 0.3 is 0 Å². The molecule has 0 bridgehead atoms. The number of nitrogens with one attached hydrogen (secondary N) is 1. The first-order chi connectivity index (χ1) is 8.93. The van der Waals surface area contributed by atoms with Crippen molar-refractivity contribution in [3.05, 3.63) is 22.8 Å². The van der Waals surface area contributed by atoms with Gasteiger partial charge in [-0.3, -0.25) is 0 Å². The Morgan fingerprint density at radius 1 is 1.32 bits per heavy atom. The fourth-order valence-electron chi connectivity index (χ4n) is 2.57. The Hall–Kier alpha value is -1.00. The summed E-state index contributed by atoms with van der Waals surface area (Å²) in [7, 11) is 0. The predicted molar refractivity (Wildman–Crippen MR) is 76.0 cm³/mol. The van der Waals surface area contributed by atoms with E-state index in [2.05, 4.69) is 33.0 Å². The Bertz CT molecular complexity index is 451. The molecule has 19 heavy (non-hydrogen) atoms.